The maximum Gasteiger partial charge on any atom is 0.328 e. The highest BCUT2D eigenvalue weighted by Gasteiger charge is 2.53. The normalized spacial score (nSPS) is 15.9. The van der Waals surface area contributed by atoms with E-state index < -0.39 is 29.7 Å². The molecule has 2 fully saturated rings. The van der Waals surface area contributed by atoms with Crippen LogP contribution in [0.25, 0.3) is 0 Å². The number of nitrogens with one attached hydrogen (secondary N) is 3. The third kappa shape index (κ3) is 10.4. The quantitative estimate of drug-likeness (QED) is 0.0938. The summed E-state index contributed by atoms with van der Waals surface area (Å²) in [5, 5.41) is 9.20. The van der Waals surface area contributed by atoms with E-state index in [1.54, 1.807) is 71.1 Å². The van der Waals surface area contributed by atoms with Gasteiger partial charge in [-0.25, -0.2) is 9.59 Å². The first kappa shape index (κ1) is 42.7. The van der Waals surface area contributed by atoms with Gasteiger partial charge in [0.1, 0.15) is 11.3 Å². The van der Waals surface area contributed by atoms with E-state index in [1.165, 1.54) is 12.0 Å². The molecule has 5 rings (SSSR count). The number of nitrogens with zero attached hydrogens (tertiary/aromatic N) is 2. The summed E-state index contributed by atoms with van der Waals surface area (Å²) in [4.78, 5) is 57.2. The van der Waals surface area contributed by atoms with E-state index in [-0.39, 0.29) is 49.9 Å². The van der Waals surface area contributed by atoms with Gasteiger partial charge in [-0.05, 0) is 94.0 Å². The van der Waals surface area contributed by atoms with Crippen molar-refractivity contribution < 1.29 is 38.1 Å². The molecule has 1 heterocycles. The van der Waals surface area contributed by atoms with Crippen LogP contribution in [0.4, 0.5) is 21.0 Å². The van der Waals surface area contributed by atoms with Gasteiger partial charge in [0.05, 0.1) is 45.6 Å². The van der Waals surface area contributed by atoms with Crippen LogP contribution >= 0.6 is 12.4 Å². The number of esters is 1. The number of amides is 5. The van der Waals surface area contributed by atoms with E-state index in [1.807, 2.05) is 43.3 Å². The molecule has 0 bridgehead atoms. The zero-order valence-electron chi connectivity index (χ0n) is 32.9. The molecular weight excluding hydrogens is 726 g/mol. The SMILES string of the molecule is COc1cc(CN2C(=O)N([C@H](CN[C@@H](CC(=O)OC(C)C)c3ccc(OC)c(OC)c3)CC3CC3)C(=O)C2(C)C)ccc1NC(=O)Nc1ccccc1C.Cl. The monoisotopic (exact) mass is 779 g/mol. The third-order valence-corrected chi connectivity index (χ3v) is 9.92. The van der Waals surface area contributed by atoms with Crippen molar-refractivity contribution in [2.75, 3.05) is 38.5 Å². The zero-order chi connectivity index (χ0) is 39.2. The third-order valence-electron chi connectivity index (χ3n) is 9.92. The number of aryl methyl sites for hydroxylation is 1. The number of hydrogen-bond acceptors (Lipinski definition) is 9. The maximum absolute atomic E-state index is 14.3. The van der Waals surface area contributed by atoms with Crippen molar-refractivity contribution in [1.82, 2.24) is 15.1 Å². The van der Waals surface area contributed by atoms with Crippen molar-refractivity contribution in [3.63, 3.8) is 0 Å². The largest absolute Gasteiger partial charge is 0.495 e. The Bertz CT molecular complexity index is 1850. The predicted molar refractivity (Wildman–Crippen MR) is 213 cm³/mol. The van der Waals surface area contributed by atoms with Crippen molar-refractivity contribution in [3.05, 3.63) is 77.4 Å². The lowest BCUT2D eigenvalue weighted by Crippen LogP contribution is -2.48. The molecule has 1 saturated carbocycles. The van der Waals surface area contributed by atoms with Crippen molar-refractivity contribution >= 4 is 47.7 Å². The molecule has 1 aliphatic heterocycles. The summed E-state index contributed by atoms with van der Waals surface area (Å²) in [6.45, 7) is 9.43. The van der Waals surface area contributed by atoms with Crippen molar-refractivity contribution in [3.8, 4) is 17.2 Å². The maximum atomic E-state index is 14.3. The standard InChI is InChI=1S/C41H53N5O8.ClH/c1-25(2)54-37(47)22-33(29-16-18-34(51-6)36(21-29)53-8)42-23-30(19-27-13-14-27)46-38(48)41(4,5)45(40(46)50)24-28-15-17-32(35(20-28)52-7)44-39(49)43-31-12-10-9-11-26(31)3;/h9-12,15-18,20-21,25,27,30,33,42H,13-14,19,22-24H2,1-8H3,(H2,43,44,49);1H/t30-,33-;/m0./s1. The number of imide groups is 1. The van der Waals surface area contributed by atoms with Crippen molar-refractivity contribution in [2.45, 2.75) is 90.6 Å². The molecule has 3 aromatic carbocycles. The fourth-order valence-electron chi connectivity index (χ4n) is 6.71. The molecule has 1 saturated heterocycles. The summed E-state index contributed by atoms with van der Waals surface area (Å²) in [5.41, 5.74) is 2.43. The molecule has 13 nitrogen and oxygen atoms in total. The first-order valence-corrected chi connectivity index (χ1v) is 18.4. The Morgan fingerprint density at radius 1 is 0.873 bits per heavy atom. The molecule has 3 aromatic rings. The molecule has 0 radical (unpaired) electrons. The van der Waals surface area contributed by atoms with Gasteiger partial charge < -0.3 is 39.8 Å². The number of hydrogen-bond donors (Lipinski definition) is 3. The fraction of sp³-hybridized carbons (Fsp3) is 0.463. The number of methoxy groups -OCH3 is 3. The van der Waals surface area contributed by atoms with Gasteiger partial charge in [0.25, 0.3) is 5.91 Å². The van der Waals surface area contributed by atoms with E-state index in [9.17, 15) is 19.2 Å². The Labute approximate surface area is 329 Å². The summed E-state index contributed by atoms with van der Waals surface area (Å²) < 4.78 is 22.1. The highest BCUT2D eigenvalue weighted by atomic mass is 35.5. The molecule has 0 spiro atoms. The highest BCUT2D eigenvalue weighted by Crippen LogP contribution is 2.39. The summed E-state index contributed by atoms with van der Waals surface area (Å²) in [6, 6.07) is 16.4. The van der Waals surface area contributed by atoms with E-state index in [0.29, 0.717) is 41.0 Å². The zero-order valence-corrected chi connectivity index (χ0v) is 33.7. The van der Waals surface area contributed by atoms with Crippen LogP contribution in [0, 0.1) is 12.8 Å². The summed E-state index contributed by atoms with van der Waals surface area (Å²) in [6.07, 6.45) is 2.45. The Morgan fingerprint density at radius 2 is 1.55 bits per heavy atom. The van der Waals surface area contributed by atoms with Crippen LogP contribution in [-0.4, -0.2) is 79.3 Å². The van der Waals surface area contributed by atoms with Crippen LogP contribution in [0.2, 0.25) is 0 Å². The van der Waals surface area contributed by atoms with E-state index >= 15 is 0 Å². The molecule has 5 amide bonds. The van der Waals surface area contributed by atoms with Crippen LogP contribution in [0.1, 0.15) is 76.1 Å². The van der Waals surface area contributed by atoms with Crippen LogP contribution in [0.5, 0.6) is 17.2 Å². The minimum Gasteiger partial charge on any atom is -0.495 e. The fourth-order valence-corrected chi connectivity index (χ4v) is 6.71. The lowest BCUT2D eigenvalue weighted by molar-refractivity contribution is -0.148. The second-order valence-electron chi connectivity index (χ2n) is 14.7. The average Bonchev–Trinajstić information content (AvgIpc) is 3.94. The number of carbonyl (C=O) groups is 4. The van der Waals surface area contributed by atoms with Crippen LogP contribution in [0.3, 0.4) is 0 Å². The molecular formula is C41H54ClN5O8. The smallest absolute Gasteiger partial charge is 0.328 e. The lowest BCUT2D eigenvalue weighted by Gasteiger charge is -2.29. The molecule has 0 aromatic heterocycles. The number of halogens is 1. The summed E-state index contributed by atoms with van der Waals surface area (Å²) in [7, 11) is 4.61. The van der Waals surface area contributed by atoms with Crippen LogP contribution in [-0.2, 0) is 20.9 Å². The summed E-state index contributed by atoms with van der Waals surface area (Å²) in [5.74, 6) is 1.21. The predicted octanol–water partition coefficient (Wildman–Crippen LogP) is 7.47. The molecule has 1 aliphatic carbocycles. The topological polar surface area (TPSA) is 148 Å². The second kappa shape index (κ2) is 18.5. The van der Waals surface area contributed by atoms with Gasteiger partial charge in [-0.15, -0.1) is 12.4 Å². The molecule has 2 atom stereocenters. The first-order chi connectivity index (χ1) is 25.7. The second-order valence-corrected chi connectivity index (χ2v) is 14.7. The molecule has 14 heteroatoms. The number of rotatable bonds is 17. The molecule has 298 valence electrons. The summed E-state index contributed by atoms with van der Waals surface area (Å²) >= 11 is 0. The van der Waals surface area contributed by atoms with Gasteiger partial charge in [0, 0.05) is 24.8 Å². The van der Waals surface area contributed by atoms with Crippen molar-refractivity contribution in [1.29, 1.82) is 0 Å². The molecule has 55 heavy (non-hydrogen) atoms. The van der Waals surface area contributed by atoms with E-state index in [0.717, 1.165) is 29.5 Å². The van der Waals surface area contributed by atoms with Crippen LogP contribution < -0.4 is 30.2 Å². The highest BCUT2D eigenvalue weighted by molar-refractivity contribution is 6.07. The van der Waals surface area contributed by atoms with Gasteiger partial charge >= 0.3 is 18.0 Å². The van der Waals surface area contributed by atoms with Gasteiger partial charge in [-0.3, -0.25) is 14.5 Å². The number of anilines is 2. The first-order valence-electron chi connectivity index (χ1n) is 18.4. The van der Waals surface area contributed by atoms with Gasteiger partial charge in [0.2, 0.25) is 0 Å². The van der Waals surface area contributed by atoms with Crippen molar-refractivity contribution in [2.24, 2.45) is 5.92 Å². The Balaban J connectivity index is 0.00000673. The molecule has 0 unspecified atom stereocenters. The number of para-hydroxylation sites is 1. The Morgan fingerprint density at radius 3 is 2.18 bits per heavy atom. The minimum absolute atomic E-state index is 0. The lowest BCUT2D eigenvalue weighted by atomic mass is 10.00. The molecule has 2 aliphatic rings. The number of carbonyl (C=O) groups excluding carboxylic acids is 4. The number of ether oxygens (including phenoxy) is 4. The van der Waals surface area contributed by atoms with Crippen LogP contribution in [0.15, 0.2) is 60.7 Å². The Hall–Kier alpha value is -5.01. The number of urea groups is 2. The minimum atomic E-state index is -1.14. The average molecular weight is 780 g/mol. The Kier molecular flexibility index (Phi) is 14.4. The van der Waals surface area contributed by atoms with E-state index in [4.69, 9.17) is 18.9 Å². The number of benzene rings is 3. The van der Waals surface area contributed by atoms with Gasteiger partial charge in [0.15, 0.2) is 11.5 Å². The van der Waals surface area contributed by atoms with Gasteiger partial charge in [-0.1, -0.05) is 43.2 Å². The van der Waals surface area contributed by atoms with E-state index in [2.05, 4.69) is 16.0 Å². The van der Waals surface area contributed by atoms with Gasteiger partial charge in [-0.2, -0.15) is 0 Å². The molecule has 3 N–H and O–H groups in total.